The second kappa shape index (κ2) is 6.94. The summed E-state index contributed by atoms with van der Waals surface area (Å²) in [4.78, 5) is 24.4. The second-order valence-electron chi connectivity index (χ2n) is 5.62. The van der Waals surface area contributed by atoms with E-state index in [9.17, 15) is 4.79 Å². The molecule has 0 saturated carbocycles. The molecule has 0 aliphatic carbocycles. The van der Waals surface area contributed by atoms with Crippen LogP contribution in [0.2, 0.25) is 0 Å². The number of ketones is 1. The van der Waals surface area contributed by atoms with Crippen LogP contribution in [0.25, 0.3) is 10.9 Å². The molecule has 6 heteroatoms. The third-order valence-corrected chi connectivity index (χ3v) is 4.96. The van der Waals surface area contributed by atoms with Crippen LogP contribution < -0.4 is 0 Å². The first-order valence-corrected chi connectivity index (χ1v) is 8.93. The minimum Gasteiger partial charge on any atom is -0.360 e. The van der Waals surface area contributed by atoms with E-state index in [1.54, 1.807) is 18.6 Å². The quantitative estimate of drug-likeness (QED) is 0.425. The Labute approximate surface area is 149 Å². The topological polar surface area (TPSA) is 63.6 Å². The van der Waals surface area contributed by atoms with E-state index in [1.165, 1.54) is 11.8 Å². The summed E-state index contributed by atoms with van der Waals surface area (Å²) < 4.78 is 2.01. The summed E-state index contributed by atoms with van der Waals surface area (Å²) in [5.41, 5.74) is 2.67. The number of pyridine rings is 1. The number of para-hydroxylation sites is 1. The Hall–Kier alpha value is -2.86. The number of fused-ring (bicyclic) bond motifs is 1. The Balaban J connectivity index is 1.47. The van der Waals surface area contributed by atoms with Crippen molar-refractivity contribution < 1.29 is 4.79 Å². The highest BCUT2D eigenvalue weighted by Crippen LogP contribution is 2.22. The Bertz CT molecular complexity index is 1010. The van der Waals surface area contributed by atoms with Crippen LogP contribution in [0.4, 0.5) is 0 Å². The van der Waals surface area contributed by atoms with Gasteiger partial charge < -0.3 is 9.55 Å². The first-order chi connectivity index (χ1) is 12.3. The summed E-state index contributed by atoms with van der Waals surface area (Å²) in [7, 11) is 0. The molecule has 0 aliphatic heterocycles. The van der Waals surface area contributed by atoms with Gasteiger partial charge in [0.05, 0.1) is 18.0 Å². The van der Waals surface area contributed by atoms with Gasteiger partial charge in [0.1, 0.15) is 0 Å². The monoisotopic (exact) mass is 348 g/mol. The van der Waals surface area contributed by atoms with Crippen LogP contribution in [-0.2, 0) is 6.54 Å². The SMILES string of the molecule is O=C(CSc1nccn1Cc1ccccn1)c1c[nH]c2ccccc12. The van der Waals surface area contributed by atoms with Crippen LogP contribution in [0.5, 0.6) is 0 Å². The van der Waals surface area contributed by atoms with Gasteiger partial charge in [-0.25, -0.2) is 4.98 Å². The van der Waals surface area contributed by atoms with E-state index < -0.39 is 0 Å². The number of thioether (sulfide) groups is 1. The lowest BCUT2D eigenvalue weighted by Gasteiger charge is -2.06. The van der Waals surface area contributed by atoms with Crippen LogP contribution >= 0.6 is 11.8 Å². The maximum atomic E-state index is 12.6. The van der Waals surface area contributed by atoms with Crippen molar-refractivity contribution in [2.24, 2.45) is 0 Å². The standard InChI is InChI=1S/C19H16N4OS/c24-18(16-11-22-17-7-2-1-6-15(16)17)13-25-19-21-9-10-23(19)12-14-5-3-4-8-20-14/h1-11,22H,12-13H2. The lowest BCUT2D eigenvalue weighted by molar-refractivity contribution is 0.102. The van der Waals surface area contributed by atoms with Gasteiger partial charge in [0, 0.05) is 41.3 Å². The minimum atomic E-state index is 0.0924. The third-order valence-electron chi connectivity index (χ3n) is 3.96. The number of aromatic nitrogens is 4. The van der Waals surface area contributed by atoms with E-state index in [0.29, 0.717) is 12.3 Å². The minimum absolute atomic E-state index is 0.0924. The van der Waals surface area contributed by atoms with Crippen molar-refractivity contribution >= 4 is 28.4 Å². The zero-order valence-corrected chi connectivity index (χ0v) is 14.2. The van der Waals surface area contributed by atoms with Crippen LogP contribution in [-0.4, -0.2) is 31.1 Å². The number of benzene rings is 1. The number of Topliss-reactive ketones (excluding diaryl/α,β-unsaturated/α-hetero) is 1. The van der Waals surface area contributed by atoms with Gasteiger partial charge in [0.25, 0.3) is 0 Å². The van der Waals surface area contributed by atoms with E-state index in [4.69, 9.17) is 0 Å². The summed E-state index contributed by atoms with van der Waals surface area (Å²) in [6, 6.07) is 13.7. The van der Waals surface area contributed by atoms with E-state index in [0.717, 1.165) is 27.3 Å². The number of rotatable bonds is 6. The van der Waals surface area contributed by atoms with Crippen LogP contribution in [0, 0.1) is 0 Å². The molecule has 25 heavy (non-hydrogen) atoms. The van der Waals surface area contributed by atoms with E-state index in [-0.39, 0.29) is 5.78 Å². The Morgan fingerprint density at radius 1 is 1.08 bits per heavy atom. The summed E-state index contributed by atoms with van der Waals surface area (Å²) in [6.45, 7) is 0.643. The first kappa shape index (κ1) is 15.7. The van der Waals surface area contributed by atoms with Crippen molar-refractivity contribution in [2.75, 3.05) is 5.75 Å². The number of hydrogen-bond donors (Lipinski definition) is 1. The molecule has 0 fully saturated rings. The Morgan fingerprint density at radius 3 is 2.84 bits per heavy atom. The predicted molar refractivity (Wildman–Crippen MR) is 98.9 cm³/mol. The summed E-state index contributed by atoms with van der Waals surface area (Å²) >= 11 is 1.45. The smallest absolute Gasteiger partial charge is 0.175 e. The molecule has 4 aromatic rings. The van der Waals surface area contributed by atoms with Crippen molar-refractivity contribution in [3.05, 3.63) is 78.5 Å². The normalized spacial score (nSPS) is 11.0. The number of carbonyl (C=O) groups is 1. The third kappa shape index (κ3) is 3.34. The van der Waals surface area contributed by atoms with Gasteiger partial charge >= 0.3 is 0 Å². The van der Waals surface area contributed by atoms with Gasteiger partial charge in [-0.2, -0.15) is 0 Å². The zero-order valence-electron chi connectivity index (χ0n) is 13.4. The first-order valence-electron chi connectivity index (χ1n) is 7.94. The molecule has 1 aromatic carbocycles. The highest BCUT2D eigenvalue weighted by molar-refractivity contribution is 7.99. The molecule has 5 nitrogen and oxygen atoms in total. The molecule has 0 aliphatic rings. The number of imidazole rings is 1. The van der Waals surface area contributed by atoms with Crippen molar-refractivity contribution in [3.63, 3.8) is 0 Å². The Kier molecular flexibility index (Phi) is 4.35. The number of carbonyl (C=O) groups excluding carboxylic acids is 1. The molecule has 3 heterocycles. The fourth-order valence-electron chi connectivity index (χ4n) is 2.73. The number of aromatic amines is 1. The average molecular weight is 348 g/mol. The summed E-state index contributed by atoms with van der Waals surface area (Å²) in [6.07, 6.45) is 7.22. The lowest BCUT2D eigenvalue weighted by atomic mass is 10.1. The zero-order chi connectivity index (χ0) is 17.1. The lowest BCUT2D eigenvalue weighted by Crippen LogP contribution is -2.05. The van der Waals surface area contributed by atoms with Crippen molar-refractivity contribution in [2.45, 2.75) is 11.7 Å². The molecule has 0 saturated heterocycles. The van der Waals surface area contributed by atoms with Crippen LogP contribution in [0.1, 0.15) is 16.1 Å². The fraction of sp³-hybridized carbons (Fsp3) is 0.105. The largest absolute Gasteiger partial charge is 0.360 e. The van der Waals surface area contributed by atoms with E-state index in [1.807, 2.05) is 53.2 Å². The van der Waals surface area contributed by atoms with Crippen molar-refractivity contribution in [3.8, 4) is 0 Å². The van der Waals surface area contributed by atoms with Gasteiger partial charge in [-0.15, -0.1) is 0 Å². The number of nitrogens with one attached hydrogen (secondary N) is 1. The molecule has 0 bridgehead atoms. The molecule has 0 atom stereocenters. The van der Waals surface area contributed by atoms with Gasteiger partial charge in [-0.1, -0.05) is 36.0 Å². The predicted octanol–water partition coefficient (Wildman–Crippen LogP) is 3.78. The molecule has 4 rings (SSSR count). The van der Waals surface area contributed by atoms with Crippen LogP contribution in [0.15, 0.2) is 72.4 Å². The molecular formula is C19H16N4OS. The van der Waals surface area contributed by atoms with Gasteiger partial charge in [0.2, 0.25) is 0 Å². The molecule has 0 amide bonds. The maximum Gasteiger partial charge on any atom is 0.175 e. The molecule has 0 radical (unpaired) electrons. The molecular weight excluding hydrogens is 332 g/mol. The number of nitrogens with zero attached hydrogens (tertiary/aromatic N) is 3. The number of hydrogen-bond acceptors (Lipinski definition) is 4. The maximum absolute atomic E-state index is 12.6. The van der Waals surface area contributed by atoms with E-state index in [2.05, 4.69) is 15.0 Å². The molecule has 3 aromatic heterocycles. The summed E-state index contributed by atoms with van der Waals surface area (Å²) in [5, 5.41) is 1.78. The highest BCUT2D eigenvalue weighted by Gasteiger charge is 2.14. The number of H-pyrrole nitrogens is 1. The van der Waals surface area contributed by atoms with Gasteiger partial charge in [0.15, 0.2) is 10.9 Å². The average Bonchev–Trinajstić information content (AvgIpc) is 3.27. The van der Waals surface area contributed by atoms with Gasteiger partial charge in [-0.3, -0.25) is 9.78 Å². The molecule has 1 N–H and O–H groups in total. The molecule has 0 spiro atoms. The highest BCUT2D eigenvalue weighted by atomic mass is 32.2. The van der Waals surface area contributed by atoms with Gasteiger partial charge in [-0.05, 0) is 18.2 Å². The fourth-order valence-corrected chi connectivity index (χ4v) is 3.57. The van der Waals surface area contributed by atoms with Crippen molar-refractivity contribution in [1.29, 1.82) is 0 Å². The van der Waals surface area contributed by atoms with Crippen LogP contribution in [0.3, 0.4) is 0 Å². The summed E-state index contributed by atoms with van der Waals surface area (Å²) in [5.74, 6) is 0.441. The Morgan fingerprint density at radius 2 is 1.96 bits per heavy atom. The molecule has 0 unspecified atom stereocenters. The molecule has 124 valence electrons. The second-order valence-corrected chi connectivity index (χ2v) is 6.56. The van der Waals surface area contributed by atoms with Crippen molar-refractivity contribution in [1.82, 2.24) is 19.5 Å². The van der Waals surface area contributed by atoms with E-state index >= 15 is 0 Å².